The van der Waals surface area contributed by atoms with Crippen LogP contribution in [0.25, 0.3) is 0 Å². The largest absolute Gasteiger partial charge is 0.335 e. The molecule has 0 saturated carbocycles. The minimum Gasteiger partial charge on any atom is -0.335 e. The molecule has 1 fully saturated rings. The predicted octanol–water partition coefficient (Wildman–Crippen LogP) is 5.00. The second kappa shape index (κ2) is 7.76. The van der Waals surface area contributed by atoms with Crippen molar-refractivity contribution in [2.24, 2.45) is 0 Å². The molecular weight excluding hydrogens is 356 g/mol. The number of allylic oxidation sites excluding steroid dienone is 2. The standard InChI is InChI=1S/C18H20N2OS3/c1-3-5-12-20-13-8-6-7-9-14(13)23-16(20)11-10-15-17(21)19(4-2)18(22)24-15/h6-11H,3-5,12H2,1-2H3/b15-10-,16-11+. The SMILES string of the molecule is CCCCN1/C(=C\C=C2/SC(=S)N(CC)C2=O)Sc2ccccc21. The minimum atomic E-state index is 0.0185. The first-order valence-corrected chi connectivity index (χ1v) is 10.2. The first-order chi connectivity index (χ1) is 11.7. The van der Waals surface area contributed by atoms with Crippen LogP contribution in [0.2, 0.25) is 0 Å². The first-order valence-electron chi connectivity index (χ1n) is 8.15. The number of carbonyl (C=O) groups is 1. The summed E-state index contributed by atoms with van der Waals surface area (Å²) in [7, 11) is 0. The van der Waals surface area contributed by atoms with Crippen LogP contribution >= 0.6 is 35.7 Å². The van der Waals surface area contributed by atoms with Crippen LogP contribution in [0.3, 0.4) is 0 Å². The van der Waals surface area contributed by atoms with Crippen LogP contribution in [-0.2, 0) is 4.79 Å². The third kappa shape index (κ3) is 3.41. The van der Waals surface area contributed by atoms with Gasteiger partial charge in [0.15, 0.2) is 0 Å². The lowest BCUT2D eigenvalue weighted by molar-refractivity contribution is -0.122. The van der Waals surface area contributed by atoms with Gasteiger partial charge in [-0.2, -0.15) is 0 Å². The number of nitrogens with zero attached hydrogens (tertiary/aromatic N) is 2. The van der Waals surface area contributed by atoms with Gasteiger partial charge in [0.05, 0.1) is 15.6 Å². The van der Waals surface area contributed by atoms with Crippen molar-refractivity contribution in [1.82, 2.24) is 4.90 Å². The maximum absolute atomic E-state index is 12.3. The second-order valence-corrected chi connectivity index (χ2v) is 8.27. The van der Waals surface area contributed by atoms with Gasteiger partial charge >= 0.3 is 0 Å². The summed E-state index contributed by atoms with van der Waals surface area (Å²) in [5, 5.41) is 1.17. The van der Waals surface area contributed by atoms with Gasteiger partial charge in [0.1, 0.15) is 4.32 Å². The van der Waals surface area contributed by atoms with Gasteiger partial charge in [-0.05, 0) is 37.6 Å². The van der Waals surface area contributed by atoms with E-state index in [2.05, 4.69) is 42.2 Å². The number of fused-ring (bicyclic) bond motifs is 1. The topological polar surface area (TPSA) is 23.6 Å². The minimum absolute atomic E-state index is 0.0185. The van der Waals surface area contributed by atoms with Crippen molar-refractivity contribution in [3.8, 4) is 0 Å². The number of carbonyl (C=O) groups excluding carboxylic acids is 1. The van der Waals surface area contributed by atoms with Crippen molar-refractivity contribution in [2.45, 2.75) is 31.6 Å². The molecule has 0 spiro atoms. The van der Waals surface area contributed by atoms with Crippen LogP contribution in [0, 0.1) is 0 Å². The molecule has 2 aliphatic heterocycles. The van der Waals surface area contributed by atoms with E-state index in [0.29, 0.717) is 15.8 Å². The first kappa shape index (κ1) is 17.6. The summed E-state index contributed by atoms with van der Waals surface area (Å²) in [6.45, 7) is 5.77. The predicted molar refractivity (Wildman–Crippen MR) is 108 cm³/mol. The van der Waals surface area contributed by atoms with Gasteiger partial charge < -0.3 is 4.90 Å². The molecule has 0 unspecified atom stereocenters. The summed E-state index contributed by atoms with van der Waals surface area (Å²) in [6, 6.07) is 8.46. The summed E-state index contributed by atoms with van der Waals surface area (Å²) in [6.07, 6.45) is 6.28. The molecule has 0 aliphatic carbocycles. The molecule has 1 amide bonds. The quantitative estimate of drug-likeness (QED) is 0.531. The fourth-order valence-corrected chi connectivity index (χ4v) is 5.07. The Morgan fingerprint density at radius 2 is 1.92 bits per heavy atom. The maximum atomic E-state index is 12.3. The van der Waals surface area contributed by atoms with Gasteiger partial charge in [-0.1, -0.05) is 61.2 Å². The third-order valence-electron chi connectivity index (χ3n) is 3.94. The highest BCUT2D eigenvalue weighted by atomic mass is 32.2. The van der Waals surface area contributed by atoms with Crippen molar-refractivity contribution in [3.05, 3.63) is 46.4 Å². The van der Waals surface area contributed by atoms with E-state index in [1.807, 2.05) is 13.0 Å². The summed E-state index contributed by atoms with van der Waals surface area (Å²) >= 11 is 8.42. The summed E-state index contributed by atoms with van der Waals surface area (Å²) in [5.74, 6) is 0.0185. The molecule has 1 aromatic carbocycles. The summed E-state index contributed by atoms with van der Waals surface area (Å²) in [5.41, 5.74) is 1.26. The number of likely N-dealkylation sites (N-methyl/N-ethyl adjacent to an activating group) is 1. The van der Waals surface area contributed by atoms with Crippen molar-refractivity contribution in [3.63, 3.8) is 0 Å². The Labute approximate surface area is 157 Å². The smallest absolute Gasteiger partial charge is 0.266 e. The molecule has 126 valence electrons. The molecule has 0 N–H and O–H groups in total. The molecule has 1 saturated heterocycles. The number of hydrogen-bond donors (Lipinski definition) is 0. The van der Waals surface area contributed by atoms with E-state index in [1.54, 1.807) is 16.7 Å². The highest BCUT2D eigenvalue weighted by Gasteiger charge is 2.30. The van der Waals surface area contributed by atoms with E-state index < -0.39 is 0 Å². The fraction of sp³-hybridized carbons (Fsp3) is 0.333. The number of amides is 1. The Kier molecular flexibility index (Phi) is 5.69. The Bertz CT molecular complexity index is 727. The zero-order valence-corrected chi connectivity index (χ0v) is 16.3. The normalized spacial score (nSPS) is 20.6. The maximum Gasteiger partial charge on any atom is 0.266 e. The second-order valence-electron chi connectivity index (χ2n) is 5.53. The van der Waals surface area contributed by atoms with E-state index >= 15 is 0 Å². The van der Waals surface area contributed by atoms with Crippen molar-refractivity contribution in [1.29, 1.82) is 0 Å². The molecule has 2 heterocycles. The lowest BCUT2D eigenvalue weighted by Crippen LogP contribution is -2.27. The number of thioether (sulfide) groups is 2. The molecular formula is C18H20N2OS3. The van der Waals surface area contributed by atoms with Crippen LogP contribution in [0.15, 0.2) is 51.2 Å². The highest BCUT2D eigenvalue weighted by Crippen LogP contribution is 2.46. The highest BCUT2D eigenvalue weighted by molar-refractivity contribution is 8.26. The number of unbranched alkanes of at least 4 members (excludes halogenated alkanes) is 1. The molecule has 3 nitrogen and oxygen atoms in total. The Hall–Kier alpha value is -1.24. The lowest BCUT2D eigenvalue weighted by atomic mass is 10.2. The zero-order valence-electron chi connectivity index (χ0n) is 13.8. The van der Waals surface area contributed by atoms with Crippen LogP contribution in [0.1, 0.15) is 26.7 Å². The van der Waals surface area contributed by atoms with Gasteiger partial charge in [0.25, 0.3) is 5.91 Å². The average molecular weight is 377 g/mol. The van der Waals surface area contributed by atoms with Crippen LogP contribution in [-0.4, -0.2) is 28.2 Å². The van der Waals surface area contributed by atoms with Crippen LogP contribution in [0.4, 0.5) is 5.69 Å². The van der Waals surface area contributed by atoms with Gasteiger partial charge in [-0.25, -0.2) is 0 Å². The van der Waals surface area contributed by atoms with Crippen LogP contribution < -0.4 is 4.90 Å². The van der Waals surface area contributed by atoms with Gasteiger partial charge in [0, 0.05) is 18.0 Å². The monoisotopic (exact) mass is 376 g/mol. The van der Waals surface area contributed by atoms with E-state index in [0.717, 1.165) is 19.4 Å². The van der Waals surface area contributed by atoms with Gasteiger partial charge in [0.2, 0.25) is 0 Å². The summed E-state index contributed by atoms with van der Waals surface area (Å²) in [4.78, 5) is 18.3. The molecule has 0 radical (unpaired) electrons. The summed E-state index contributed by atoms with van der Waals surface area (Å²) < 4.78 is 0.650. The third-order valence-corrected chi connectivity index (χ3v) is 6.47. The van der Waals surface area contributed by atoms with Crippen molar-refractivity contribution < 1.29 is 4.79 Å². The van der Waals surface area contributed by atoms with E-state index in [1.165, 1.54) is 27.4 Å². The number of thiocarbonyl (C=S) groups is 1. The molecule has 2 aliphatic rings. The van der Waals surface area contributed by atoms with E-state index in [4.69, 9.17) is 12.2 Å². The van der Waals surface area contributed by atoms with E-state index in [-0.39, 0.29) is 5.91 Å². The zero-order chi connectivity index (χ0) is 17.1. The molecule has 24 heavy (non-hydrogen) atoms. The number of para-hydroxylation sites is 1. The number of rotatable bonds is 5. The molecule has 1 aromatic rings. The molecule has 3 rings (SSSR count). The number of anilines is 1. The van der Waals surface area contributed by atoms with Gasteiger partial charge in [-0.15, -0.1) is 0 Å². The van der Waals surface area contributed by atoms with Gasteiger partial charge in [-0.3, -0.25) is 9.69 Å². The number of hydrogen-bond acceptors (Lipinski definition) is 5. The molecule has 0 bridgehead atoms. The van der Waals surface area contributed by atoms with Crippen LogP contribution in [0.5, 0.6) is 0 Å². The lowest BCUT2D eigenvalue weighted by Gasteiger charge is -2.19. The Morgan fingerprint density at radius 3 is 2.62 bits per heavy atom. The average Bonchev–Trinajstić information content (AvgIpc) is 3.07. The van der Waals surface area contributed by atoms with Crippen molar-refractivity contribution >= 4 is 51.7 Å². The molecule has 0 atom stereocenters. The number of benzene rings is 1. The van der Waals surface area contributed by atoms with E-state index in [9.17, 15) is 4.79 Å². The molecule has 6 heteroatoms. The Morgan fingerprint density at radius 1 is 1.12 bits per heavy atom. The molecule has 0 aromatic heterocycles. The fourth-order valence-electron chi connectivity index (χ4n) is 2.66. The van der Waals surface area contributed by atoms with Crippen molar-refractivity contribution in [2.75, 3.05) is 18.0 Å². The Balaban J connectivity index is 1.85.